The van der Waals surface area contributed by atoms with Crippen molar-refractivity contribution in [2.45, 2.75) is 0 Å². The van der Waals surface area contributed by atoms with Crippen LogP contribution in [0.5, 0.6) is 0 Å². The molecule has 0 aliphatic rings. The van der Waals surface area contributed by atoms with E-state index in [2.05, 4.69) is 167 Å². The maximum Gasteiger partial charge on any atom is 0.0640 e. The number of benzene rings is 7. The summed E-state index contributed by atoms with van der Waals surface area (Å²) >= 11 is 1.88. The minimum Gasteiger partial charge on any atom is -0.310 e. The van der Waals surface area contributed by atoms with E-state index in [-0.39, 0.29) is 0 Å². The average Bonchev–Trinajstić information content (AvgIpc) is 3.61. The summed E-state index contributed by atoms with van der Waals surface area (Å²) in [5.74, 6) is 0. The molecule has 2 nitrogen and oxygen atoms in total. The molecule has 7 aromatic carbocycles. The Kier molecular flexibility index (Phi) is 5.40. The average molecular weight is 567 g/mol. The number of fused-ring (bicyclic) bond motifs is 7. The van der Waals surface area contributed by atoms with Crippen LogP contribution in [0.1, 0.15) is 0 Å². The van der Waals surface area contributed by atoms with Crippen LogP contribution in [-0.4, -0.2) is 4.57 Å². The van der Waals surface area contributed by atoms with Crippen LogP contribution >= 0.6 is 11.3 Å². The van der Waals surface area contributed by atoms with Crippen molar-refractivity contribution >= 4 is 81.1 Å². The van der Waals surface area contributed by atoms with Crippen molar-refractivity contribution < 1.29 is 0 Å². The minimum atomic E-state index is 1.14. The monoisotopic (exact) mass is 566 g/mol. The minimum absolute atomic E-state index is 1.14. The first kappa shape index (κ1) is 24.2. The first-order valence-corrected chi connectivity index (χ1v) is 15.4. The van der Waals surface area contributed by atoms with Crippen molar-refractivity contribution in [2.24, 2.45) is 0 Å². The molecule has 0 aliphatic heterocycles. The lowest BCUT2D eigenvalue weighted by atomic mass is 10.1. The molecular weight excluding hydrogens is 541 g/mol. The highest BCUT2D eigenvalue weighted by Crippen LogP contribution is 2.44. The number of aromatic nitrogens is 1. The number of hydrogen-bond acceptors (Lipinski definition) is 2. The van der Waals surface area contributed by atoms with Gasteiger partial charge in [0.05, 0.1) is 21.4 Å². The second-order valence-corrected chi connectivity index (χ2v) is 12.1. The van der Waals surface area contributed by atoms with E-state index >= 15 is 0 Å². The van der Waals surface area contributed by atoms with E-state index in [1.807, 2.05) is 11.3 Å². The number of hydrogen-bond donors (Lipinski definition) is 0. The van der Waals surface area contributed by atoms with Gasteiger partial charge < -0.3 is 9.47 Å². The van der Waals surface area contributed by atoms with Gasteiger partial charge in [-0.2, -0.15) is 0 Å². The van der Waals surface area contributed by atoms with E-state index in [9.17, 15) is 0 Å². The highest BCUT2D eigenvalue weighted by atomic mass is 32.1. The zero-order chi connectivity index (χ0) is 28.3. The number of nitrogens with zero attached hydrogens (tertiary/aromatic N) is 2. The van der Waals surface area contributed by atoms with Crippen molar-refractivity contribution in [1.29, 1.82) is 0 Å². The molecule has 202 valence electrons. The lowest BCUT2D eigenvalue weighted by Crippen LogP contribution is -2.09. The SMILES string of the molecule is c1ccc(N(c2ccc3ccccc3c2)c2ccc3c(c2)sc2c(-n4c5ccccc5c5ccccc54)cccc23)cc1. The molecule has 43 heavy (non-hydrogen) atoms. The van der Waals surface area contributed by atoms with Crippen LogP contribution in [0.25, 0.3) is 58.4 Å². The standard InChI is InChI=1S/C40H26N2S/c1-2-13-29(14-3-1)41(30-22-21-27-11-4-5-12-28(27)25-30)31-23-24-34-35-17-10-20-38(40(35)43-39(34)26-31)42-36-18-8-6-15-32(36)33-16-7-9-19-37(33)42/h1-26H. The third kappa shape index (κ3) is 3.79. The van der Waals surface area contributed by atoms with E-state index in [1.165, 1.54) is 58.4 Å². The smallest absolute Gasteiger partial charge is 0.0640 e. The van der Waals surface area contributed by atoms with Gasteiger partial charge in [0, 0.05) is 43.3 Å². The Bertz CT molecular complexity index is 2410. The number of thiophene rings is 1. The van der Waals surface area contributed by atoms with Crippen LogP contribution < -0.4 is 4.90 Å². The molecule has 0 bridgehead atoms. The van der Waals surface area contributed by atoms with Gasteiger partial charge in [-0.1, -0.05) is 103 Å². The lowest BCUT2D eigenvalue weighted by molar-refractivity contribution is 1.20. The van der Waals surface area contributed by atoms with E-state index in [1.54, 1.807) is 0 Å². The van der Waals surface area contributed by atoms with Crippen molar-refractivity contribution in [3.05, 3.63) is 158 Å². The van der Waals surface area contributed by atoms with Crippen molar-refractivity contribution in [2.75, 3.05) is 4.90 Å². The topological polar surface area (TPSA) is 8.17 Å². The van der Waals surface area contributed by atoms with Crippen LogP contribution in [0.3, 0.4) is 0 Å². The molecule has 0 saturated carbocycles. The van der Waals surface area contributed by atoms with Gasteiger partial charge in [-0.3, -0.25) is 0 Å². The molecule has 0 aliphatic carbocycles. The summed E-state index contributed by atoms with van der Waals surface area (Å²) in [5.41, 5.74) is 7.15. The van der Waals surface area contributed by atoms with Gasteiger partial charge in [0.2, 0.25) is 0 Å². The maximum absolute atomic E-state index is 2.44. The van der Waals surface area contributed by atoms with Crippen LogP contribution in [-0.2, 0) is 0 Å². The predicted octanol–water partition coefficient (Wildman–Crippen LogP) is 11.8. The predicted molar refractivity (Wildman–Crippen MR) is 186 cm³/mol. The summed E-state index contributed by atoms with van der Waals surface area (Å²) in [5, 5.41) is 7.64. The summed E-state index contributed by atoms with van der Waals surface area (Å²) in [7, 11) is 0. The fourth-order valence-corrected chi connectivity index (χ4v) is 7.85. The molecule has 9 rings (SSSR count). The normalized spacial score (nSPS) is 11.7. The molecule has 0 spiro atoms. The number of rotatable bonds is 4. The lowest BCUT2D eigenvalue weighted by Gasteiger charge is -2.26. The van der Waals surface area contributed by atoms with E-state index in [4.69, 9.17) is 0 Å². The Morgan fingerprint density at radius 2 is 1.05 bits per heavy atom. The molecule has 0 unspecified atom stereocenters. The largest absolute Gasteiger partial charge is 0.310 e. The van der Waals surface area contributed by atoms with Crippen molar-refractivity contribution in [3.63, 3.8) is 0 Å². The van der Waals surface area contributed by atoms with Gasteiger partial charge in [-0.25, -0.2) is 0 Å². The summed E-state index contributed by atoms with van der Waals surface area (Å²) in [6.07, 6.45) is 0. The highest BCUT2D eigenvalue weighted by molar-refractivity contribution is 7.26. The first-order chi connectivity index (χ1) is 21.3. The van der Waals surface area contributed by atoms with Gasteiger partial charge in [-0.05, 0) is 65.4 Å². The molecule has 3 heteroatoms. The van der Waals surface area contributed by atoms with Crippen LogP contribution in [0.4, 0.5) is 17.1 Å². The molecule has 0 fully saturated rings. The second-order valence-electron chi connectivity index (χ2n) is 11.0. The zero-order valence-electron chi connectivity index (χ0n) is 23.3. The van der Waals surface area contributed by atoms with E-state index < -0.39 is 0 Å². The molecule has 2 heterocycles. The van der Waals surface area contributed by atoms with E-state index in [0.29, 0.717) is 0 Å². The molecule has 0 radical (unpaired) electrons. The van der Waals surface area contributed by atoms with Crippen LogP contribution in [0.15, 0.2) is 158 Å². The fourth-order valence-electron chi connectivity index (χ4n) is 6.61. The third-order valence-electron chi connectivity index (χ3n) is 8.55. The van der Waals surface area contributed by atoms with Gasteiger partial charge in [0.1, 0.15) is 0 Å². The fraction of sp³-hybridized carbons (Fsp3) is 0. The zero-order valence-corrected chi connectivity index (χ0v) is 24.1. The molecular formula is C40H26N2S. The number of para-hydroxylation sites is 3. The summed E-state index contributed by atoms with van der Waals surface area (Å²) in [4.78, 5) is 2.37. The van der Waals surface area contributed by atoms with E-state index in [0.717, 1.165) is 17.1 Å². The van der Waals surface area contributed by atoms with Crippen molar-refractivity contribution in [3.8, 4) is 5.69 Å². The molecule has 0 amide bonds. The summed E-state index contributed by atoms with van der Waals surface area (Å²) in [6, 6.07) is 57.1. The Labute approximate surface area is 253 Å². The Morgan fingerprint density at radius 3 is 1.84 bits per heavy atom. The van der Waals surface area contributed by atoms with Gasteiger partial charge >= 0.3 is 0 Å². The van der Waals surface area contributed by atoms with Crippen LogP contribution in [0, 0.1) is 0 Å². The summed E-state index contributed by atoms with van der Waals surface area (Å²) in [6.45, 7) is 0. The molecule has 9 aromatic rings. The highest BCUT2D eigenvalue weighted by Gasteiger charge is 2.18. The Balaban J connectivity index is 1.27. The molecule has 0 N–H and O–H groups in total. The second kappa shape index (κ2) is 9.59. The summed E-state index contributed by atoms with van der Waals surface area (Å²) < 4.78 is 5.02. The molecule has 0 saturated heterocycles. The quantitative estimate of drug-likeness (QED) is 0.206. The van der Waals surface area contributed by atoms with Gasteiger partial charge in [-0.15, -0.1) is 11.3 Å². The maximum atomic E-state index is 2.44. The number of anilines is 3. The van der Waals surface area contributed by atoms with Gasteiger partial charge in [0.25, 0.3) is 0 Å². The molecule has 0 atom stereocenters. The first-order valence-electron chi connectivity index (χ1n) is 14.6. The molecule has 2 aromatic heterocycles. The van der Waals surface area contributed by atoms with Crippen LogP contribution in [0.2, 0.25) is 0 Å². The third-order valence-corrected chi connectivity index (χ3v) is 9.74. The van der Waals surface area contributed by atoms with Gasteiger partial charge in [0.15, 0.2) is 0 Å². The Hall–Kier alpha value is -5.38. The van der Waals surface area contributed by atoms with Crippen molar-refractivity contribution in [1.82, 2.24) is 4.57 Å². The Morgan fingerprint density at radius 1 is 0.419 bits per heavy atom.